The fourth-order valence-electron chi connectivity index (χ4n) is 2.45. The third-order valence-electron chi connectivity index (χ3n) is 3.40. The molecule has 0 unspecified atom stereocenters. The van der Waals surface area contributed by atoms with Crippen LogP contribution in [-0.2, 0) is 13.1 Å². The molecule has 0 bridgehead atoms. The number of nitrogens with two attached hydrogens (primary N) is 1. The van der Waals surface area contributed by atoms with Crippen LogP contribution in [0.1, 0.15) is 16.7 Å². The highest BCUT2D eigenvalue weighted by atomic mass is 35.5. The minimum Gasteiger partial charge on any atom is -0.399 e. The average molecular weight is 259 g/mol. The summed E-state index contributed by atoms with van der Waals surface area (Å²) in [7, 11) is 0. The second-order valence-electron chi connectivity index (χ2n) is 4.84. The smallest absolute Gasteiger partial charge is 0.0642 e. The van der Waals surface area contributed by atoms with Crippen molar-refractivity contribution in [1.82, 2.24) is 0 Å². The molecule has 92 valence electrons. The molecule has 1 heterocycles. The highest BCUT2D eigenvalue weighted by Gasteiger charge is 2.20. The molecular weight excluding hydrogens is 244 g/mol. The van der Waals surface area contributed by atoms with E-state index in [1.807, 2.05) is 12.1 Å². The Morgan fingerprint density at radius 1 is 1.06 bits per heavy atom. The Balaban J connectivity index is 1.93. The van der Waals surface area contributed by atoms with Crippen molar-refractivity contribution in [2.75, 3.05) is 10.6 Å². The molecule has 2 nitrogen and oxygen atoms in total. The minimum atomic E-state index is 0.816. The van der Waals surface area contributed by atoms with Gasteiger partial charge in [0.25, 0.3) is 0 Å². The number of fused-ring (bicyclic) bond motifs is 1. The molecule has 2 N–H and O–H groups in total. The van der Waals surface area contributed by atoms with Crippen molar-refractivity contribution < 1.29 is 0 Å². The SMILES string of the molecule is Cc1ccc(N2Cc3ccc(N)cc3C2)c(Cl)c1. The van der Waals surface area contributed by atoms with Crippen LogP contribution in [0.2, 0.25) is 5.02 Å². The van der Waals surface area contributed by atoms with Gasteiger partial charge < -0.3 is 10.6 Å². The highest BCUT2D eigenvalue weighted by Crippen LogP contribution is 2.34. The van der Waals surface area contributed by atoms with Crippen molar-refractivity contribution in [3.63, 3.8) is 0 Å². The lowest BCUT2D eigenvalue weighted by Gasteiger charge is -2.19. The van der Waals surface area contributed by atoms with Crippen molar-refractivity contribution in [3.05, 3.63) is 58.1 Å². The number of rotatable bonds is 1. The number of hydrogen-bond donors (Lipinski definition) is 1. The number of halogens is 1. The molecule has 0 saturated heterocycles. The lowest BCUT2D eigenvalue weighted by Crippen LogP contribution is -2.14. The van der Waals surface area contributed by atoms with Crippen molar-refractivity contribution in [3.8, 4) is 0 Å². The van der Waals surface area contributed by atoms with Gasteiger partial charge in [0, 0.05) is 18.8 Å². The molecular formula is C15H15ClN2. The summed E-state index contributed by atoms with van der Waals surface area (Å²) in [6.45, 7) is 3.83. The fraction of sp³-hybridized carbons (Fsp3) is 0.200. The molecule has 0 radical (unpaired) electrons. The van der Waals surface area contributed by atoms with Crippen LogP contribution in [0.4, 0.5) is 11.4 Å². The van der Waals surface area contributed by atoms with Gasteiger partial charge in [-0.1, -0.05) is 23.7 Å². The van der Waals surface area contributed by atoms with Crippen molar-refractivity contribution >= 4 is 23.0 Å². The van der Waals surface area contributed by atoms with Gasteiger partial charge in [-0.2, -0.15) is 0 Å². The Hall–Kier alpha value is -1.67. The van der Waals surface area contributed by atoms with Crippen LogP contribution in [0.3, 0.4) is 0 Å². The molecule has 0 amide bonds. The van der Waals surface area contributed by atoms with Crippen LogP contribution in [0.25, 0.3) is 0 Å². The van der Waals surface area contributed by atoms with Crippen LogP contribution in [0, 0.1) is 6.92 Å². The maximum absolute atomic E-state index is 6.32. The van der Waals surface area contributed by atoms with E-state index >= 15 is 0 Å². The first-order valence-electron chi connectivity index (χ1n) is 6.02. The van der Waals surface area contributed by atoms with E-state index < -0.39 is 0 Å². The van der Waals surface area contributed by atoms with Crippen LogP contribution in [0.15, 0.2) is 36.4 Å². The molecule has 3 heteroatoms. The summed E-state index contributed by atoms with van der Waals surface area (Å²) < 4.78 is 0. The standard InChI is InChI=1S/C15H15ClN2/c1-10-2-5-15(14(16)6-10)18-8-11-3-4-13(17)7-12(11)9-18/h2-7H,8-9,17H2,1H3. The maximum Gasteiger partial charge on any atom is 0.0642 e. The summed E-state index contributed by atoms with van der Waals surface area (Å²) in [4.78, 5) is 2.28. The van der Waals surface area contributed by atoms with E-state index in [-0.39, 0.29) is 0 Å². The quantitative estimate of drug-likeness (QED) is 0.790. The predicted molar refractivity (Wildman–Crippen MR) is 76.9 cm³/mol. The Morgan fingerprint density at radius 3 is 2.61 bits per heavy atom. The van der Waals surface area contributed by atoms with E-state index in [2.05, 4.69) is 36.1 Å². The van der Waals surface area contributed by atoms with E-state index in [9.17, 15) is 0 Å². The zero-order chi connectivity index (χ0) is 12.7. The van der Waals surface area contributed by atoms with E-state index in [0.29, 0.717) is 0 Å². The Labute approximate surface area is 112 Å². The Bertz CT molecular complexity index is 607. The van der Waals surface area contributed by atoms with E-state index in [0.717, 1.165) is 29.5 Å². The van der Waals surface area contributed by atoms with Gasteiger partial charge in [-0.25, -0.2) is 0 Å². The number of nitrogen functional groups attached to an aromatic ring is 1. The molecule has 18 heavy (non-hydrogen) atoms. The molecule has 1 aliphatic rings. The van der Waals surface area contributed by atoms with Gasteiger partial charge >= 0.3 is 0 Å². The summed E-state index contributed by atoms with van der Waals surface area (Å²) in [6.07, 6.45) is 0. The number of benzene rings is 2. The maximum atomic E-state index is 6.32. The predicted octanol–water partition coefficient (Wildman–Crippen LogP) is 3.75. The van der Waals surface area contributed by atoms with Gasteiger partial charge in [0.2, 0.25) is 0 Å². The summed E-state index contributed by atoms with van der Waals surface area (Å²) in [6, 6.07) is 12.3. The Morgan fingerprint density at radius 2 is 1.83 bits per heavy atom. The molecule has 2 aromatic carbocycles. The number of nitrogens with zero attached hydrogens (tertiary/aromatic N) is 1. The van der Waals surface area contributed by atoms with Crippen molar-refractivity contribution in [2.45, 2.75) is 20.0 Å². The fourth-order valence-corrected chi connectivity index (χ4v) is 2.81. The second kappa shape index (κ2) is 4.21. The molecule has 1 aliphatic heterocycles. The zero-order valence-corrected chi connectivity index (χ0v) is 11.0. The van der Waals surface area contributed by atoms with Crippen LogP contribution in [0.5, 0.6) is 0 Å². The number of aryl methyl sites for hydroxylation is 1. The van der Waals surface area contributed by atoms with E-state index in [1.165, 1.54) is 16.7 Å². The summed E-state index contributed by atoms with van der Waals surface area (Å²) in [5.41, 5.74) is 11.6. The summed E-state index contributed by atoms with van der Waals surface area (Å²) >= 11 is 6.32. The van der Waals surface area contributed by atoms with Gasteiger partial charge in [-0.3, -0.25) is 0 Å². The second-order valence-corrected chi connectivity index (χ2v) is 5.25. The first-order chi connectivity index (χ1) is 8.63. The molecule has 0 saturated carbocycles. The molecule has 0 aliphatic carbocycles. The zero-order valence-electron chi connectivity index (χ0n) is 10.3. The third kappa shape index (κ3) is 1.93. The molecule has 0 atom stereocenters. The highest BCUT2D eigenvalue weighted by molar-refractivity contribution is 6.33. The van der Waals surface area contributed by atoms with Crippen molar-refractivity contribution in [1.29, 1.82) is 0 Å². The molecule has 0 aromatic heterocycles. The summed E-state index contributed by atoms with van der Waals surface area (Å²) in [5.74, 6) is 0. The van der Waals surface area contributed by atoms with Crippen LogP contribution in [-0.4, -0.2) is 0 Å². The van der Waals surface area contributed by atoms with Gasteiger partial charge in [0.15, 0.2) is 0 Å². The monoisotopic (exact) mass is 258 g/mol. The van der Waals surface area contributed by atoms with Gasteiger partial charge in [-0.05, 0) is 47.9 Å². The average Bonchev–Trinajstić information content (AvgIpc) is 2.71. The molecule has 0 fully saturated rings. The van der Waals surface area contributed by atoms with Crippen LogP contribution < -0.4 is 10.6 Å². The normalized spacial score (nSPS) is 13.8. The number of anilines is 2. The molecule has 3 rings (SSSR count). The molecule has 0 spiro atoms. The minimum absolute atomic E-state index is 0.816. The van der Waals surface area contributed by atoms with Gasteiger partial charge in [0.05, 0.1) is 10.7 Å². The summed E-state index contributed by atoms with van der Waals surface area (Å²) in [5, 5.41) is 0.816. The van der Waals surface area contributed by atoms with Crippen molar-refractivity contribution in [2.24, 2.45) is 0 Å². The van der Waals surface area contributed by atoms with Gasteiger partial charge in [-0.15, -0.1) is 0 Å². The largest absolute Gasteiger partial charge is 0.399 e. The van der Waals surface area contributed by atoms with Gasteiger partial charge in [0.1, 0.15) is 0 Å². The van der Waals surface area contributed by atoms with E-state index in [1.54, 1.807) is 0 Å². The Kier molecular flexibility index (Phi) is 2.67. The lowest BCUT2D eigenvalue weighted by atomic mass is 10.1. The lowest BCUT2D eigenvalue weighted by molar-refractivity contribution is 0.880. The first-order valence-corrected chi connectivity index (χ1v) is 6.39. The third-order valence-corrected chi connectivity index (χ3v) is 3.70. The topological polar surface area (TPSA) is 29.3 Å². The molecule has 2 aromatic rings. The number of hydrogen-bond acceptors (Lipinski definition) is 2. The van der Waals surface area contributed by atoms with E-state index in [4.69, 9.17) is 17.3 Å². The first kappa shape index (κ1) is 11.4. The van der Waals surface area contributed by atoms with Crippen LogP contribution >= 0.6 is 11.6 Å².